The Morgan fingerprint density at radius 3 is 2.34 bits per heavy atom. The van der Waals surface area contributed by atoms with Gasteiger partial charge in [0.15, 0.2) is 23.0 Å². The molecular formula is C22H24N2O7S. The molecule has 0 atom stereocenters. The van der Waals surface area contributed by atoms with Gasteiger partial charge in [0.25, 0.3) is 0 Å². The van der Waals surface area contributed by atoms with Gasteiger partial charge in [-0.15, -0.1) is 0 Å². The molecule has 170 valence electrons. The molecule has 1 amide bonds. The number of carbonyl (C=O) groups excluding carboxylic acids is 1. The molecule has 2 aromatic rings. The number of hydrogen-bond acceptors (Lipinski definition) is 7. The van der Waals surface area contributed by atoms with Crippen LogP contribution in [0.25, 0.3) is 0 Å². The van der Waals surface area contributed by atoms with Crippen LogP contribution in [0.15, 0.2) is 41.3 Å². The summed E-state index contributed by atoms with van der Waals surface area (Å²) < 4.78 is 49.5. The molecule has 2 aromatic carbocycles. The lowest BCUT2D eigenvalue weighted by molar-refractivity contribution is -0.120. The number of ether oxygens (including phenoxy) is 4. The smallest absolute Gasteiger partial charge is 0.243 e. The fourth-order valence-electron chi connectivity index (χ4n) is 4.03. The lowest BCUT2D eigenvalue weighted by atomic mass is 9.97. The molecule has 1 fully saturated rings. The Morgan fingerprint density at radius 2 is 1.53 bits per heavy atom. The lowest BCUT2D eigenvalue weighted by Gasteiger charge is -2.30. The number of rotatable bonds is 4. The summed E-state index contributed by atoms with van der Waals surface area (Å²) in [6.45, 7) is 1.75. The number of piperidine rings is 1. The second-order valence-corrected chi connectivity index (χ2v) is 9.83. The minimum absolute atomic E-state index is 0.128. The van der Waals surface area contributed by atoms with Gasteiger partial charge in [-0.25, -0.2) is 8.42 Å². The zero-order chi connectivity index (χ0) is 22.1. The Labute approximate surface area is 186 Å². The van der Waals surface area contributed by atoms with Gasteiger partial charge in [-0.3, -0.25) is 4.79 Å². The van der Waals surface area contributed by atoms with Crippen LogP contribution in [0.3, 0.4) is 0 Å². The molecule has 3 aliphatic rings. The second kappa shape index (κ2) is 8.51. The van der Waals surface area contributed by atoms with Crippen LogP contribution in [0.1, 0.15) is 19.3 Å². The maximum atomic E-state index is 13.1. The van der Waals surface area contributed by atoms with E-state index in [9.17, 15) is 13.2 Å². The minimum Gasteiger partial charge on any atom is -0.490 e. The summed E-state index contributed by atoms with van der Waals surface area (Å²) in [6.07, 6.45) is 1.64. The summed E-state index contributed by atoms with van der Waals surface area (Å²) >= 11 is 0. The number of carbonyl (C=O) groups is 1. The first-order valence-corrected chi connectivity index (χ1v) is 12.0. The van der Waals surface area contributed by atoms with Gasteiger partial charge in [0.05, 0.1) is 18.1 Å². The van der Waals surface area contributed by atoms with Crippen molar-refractivity contribution >= 4 is 21.6 Å². The molecule has 0 spiro atoms. The minimum atomic E-state index is -3.69. The maximum Gasteiger partial charge on any atom is 0.243 e. The Kier molecular flexibility index (Phi) is 5.56. The third-order valence-electron chi connectivity index (χ3n) is 5.82. The monoisotopic (exact) mass is 460 g/mol. The normalized spacial score (nSPS) is 18.8. The van der Waals surface area contributed by atoms with E-state index in [1.54, 1.807) is 30.3 Å². The molecule has 32 heavy (non-hydrogen) atoms. The van der Waals surface area contributed by atoms with Gasteiger partial charge in [0.1, 0.15) is 0 Å². The summed E-state index contributed by atoms with van der Waals surface area (Å²) in [5.41, 5.74) is 0.626. The van der Waals surface area contributed by atoms with Crippen molar-refractivity contribution in [1.82, 2.24) is 4.31 Å². The number of anilines is 1. The van der Waals surface area contributed by atoms with Crippen molar-refractivity contribution in [2.45, 2.75) is 24.2 Å². The average Bonchev–Trinajstić information content (AvgIpc) is 3.14. The van der Waals surface area contributed by atoms with Gasteiger partial charge in [0, 0.05) is 43.2 Å². The fourth-order valence-corrected chi connectivity index (χ4v) is 5.52. The van der Waals surface area contributed by atoms with Crippen molar-refractivity contribution in [3.05, 3.63) is 36.4 Å². The molecule has 3 aliphatic heterocycles. The summed E-state index contributed by atoms with van der Waals surface area (Å²) in [5.74, 6) is 1.85. The molecule has 1 saturated heterocycles. The summed E-state index contributed by atoms with van der Waals surface area (Å²) in [5, 5.41) is 2.89. The molecule has 10 heteroatoms. The number of sulfonamides is 1. The van der Waals surface area contributed by atoms with Crippen LogP contribution in [0.5, 0.6) is 23.0 Å². The number of fused-ring (bicyclic) bond motifs is 2. The first-order valence-electron chi connectivity index (χ1n) is 10.6. The predicted octanol–water partition coefficient (Wildman–Crippen LogP) is 2.62. The Morgan fingerprint density at radius 1 is 0.875 bits per heavy atom. The van der Waals surface area contributed by atoms with Crippen LogP contribution in [-0.2, 0) is 14.8 Å². The van der Waals surface area contributed by atoms with Gasteiger partial charge >= 0.3 is 0 Å². The number of nitrogens with zero attached hydrogens (tertiary/aromatic N) is 1. The summed E-state index contributed by atoms with van der Waals surface area (Å²) in [4.78, 5) is 12.9. The zero-order valence-electron chi connectivity index (χ0n) is 17.4. The third-order valence-corrected chi connectivity index (χ3v) is 7.72. The van der Waals surface area contributed by atoms with Crippen molar-refractivity contribution in [2.75, 3.05) is 38.4 Å². The van der Waals surface area contributed by atoms with Crippen LogP contribution in [0, 0.1) is 5.92 Å². The quantitative estimate of drug-likeness (QED) is 0.748. The van der Waals surface area contributed by atoms with Crippen LogP contribution in [-0.4, -0.2) is 51.7 Å². The molecule has 0 aromatic heterocycles. The Balaban J connectivity index is 1.22. The third kappa shape index (κ3) is 4.07. The highest BCUT2D eigenvalue weighted by atomic mass is 32.2. The number of hydrogen-bond donors (Lipinski definition) is 1. The van der Waals surface area contributed by atoms with Crippen molar-refractivity contribution in [1.29, 1.82) is 0 Å². The van der Waals surface area contributed by atoms with E-state index in [4.69, 9.17) is 18.9 Å². The van der Waals surface area contributed by atoms with Gasteiger partial charge < -0.3 is 24.3 Å². The van der Waals surface area contributed by atoms with Crippen molar-refractivity contribution in [3.8, 4) is 23.0 Å². The molecule has 0 bridgehead atoms. The topological polar surface area (TPSA) is 103 Å². The fraction of sp³-hybridized carbons (Fsp3) is 0.409. The van der Waals surface area contributed by atoms with E-state index >= 15 is 0 Å². The van der Waals surface area contributed by atoms with Gasteiger partial charge in [-0.05, 0) is 37.1 Å². The van der Waals surface area contributed by atoms with Crippen LogP contribution < -0.4 is 24.3 Å². The number of nitrogens with one attached hydrogen (secondary N) is 1. The molecule has 1 N–H and O–H groups in total. The van der Waals surface area contributed by atoms with E-state index in [2.05, 4.69) is 5.32 Å². The maximum absolute atomic E-state index is 13.1. The first kappa shape index (κ1) is 20.9. The average molecular weight is 461 g/mol. The van der Waals surface area contributed by atoms with Gasteiger partial charge in [-0.1, -0.05) is 0 Å². The zero-order valence-corrected chi connectivity index (χ0v) is 18.2. The predicted molar refractivity (Wildman–Crippen MR) is 115 cm³/mol. The number of benzene rings is 2. The second-order valence-electron chi connectivity index (χ2n) is 7.89. The van der Waals surface area contributed by atoms with Gasteiger partial charge in [-0.2, -0.15) is 4.31 Å². The van der Waals surface area contributed by atoms with Crippen molar-refractivity contribution < 1.29 is 32.2 Å². The molecule has 0 saturated carbocycles. The van der Waals surface area contributed by atoms with E-state index in [0.717, 1.165) is 6.42 Å². The SMILES string of the molecule is O=C(Nc1ccc2c(c1)OCO2)C1CCN(S(=O)(=O)c2ccc3c(c2)OCCCO3)CC1. The lowest BCUT2D eigenvalue weighted by Crippen LogP contribution is -2.41. The largest absolute Gasteiger partial charge is 0.490 e. The van der Waals surface area contributed by atoms with Gasteiger partial charge in [0.2, 0.25) is 22.7 Å². The highest BCUT2D eigenvalue weighted by Crippen LogP contribution is 2.35. The molecule has 3 heterocycles. The van der Waals surface area contributed by atoms with E-state index in [0.29, 0.717) is 54.7 Å². The van der Waals surface area contributed by atoms with E-state index in [1.165, 1.54) is 10.4 Å². The first-order chi connectivity index (χ1) is 15.5. The Bertz CT molecular complexity index is 1130. The summed E-state index contributed by atoms with van der Waals surface area (Å²) in [7, 11) is -3.69. The number of amides is 1. The van der Waals surface area contributed by atoms with E-state index < -0.39 is 10.0 Å². The summed E-state index contributed by atoms with van der Waals surface area (Å²) in [6, 6.07) is 9.94. The Hall–Kier alpha value is -2.98. The molecule has 0 aliphatic carbocycles. The molecule has 0 radical (unpaired) electrons. The van der Waals surface area contributed by atoms with Crippen molar-refractivity contribution in [2.24, 2.45) is 5.92 Å². The molecular weight excluding hydrogens is 436 g/mol. The highest BCUT2D eigenvalue weighted by molar-refractivity contribution is 7.89. The van der Waals surface area contributed by atoms with Crippen molar-refractivity contribution in [3.63, 3.8) is 0 Å². The molecule has 9 nitrogen and oxygen atoms in total. The van der Waals surface area contributed by atoms with E-state index in [1.807, 2.05) is 0 Å². The highest BCUT2D eigenvalue weighted by Gasteiger charge is 2.33. The van der Waals surface area contributed by atoms with E-state index in [-0.39, 0.29) is 36.6 Å². The van der Waals surface area contributed by atoms with Crippen LogP contribution in [0.4, 0.5) is 5.69 Å². The molecule has 5 rings (SSSR count). The standard InChI is InChI=1S/C22H24N2O7S/c25-22(23-16-2-4-19-20(12-16)31-14-30-19)15-6-8-24(9-7-15)32(26,27)17-3-5-18-21(13-17)29-11-1-10-28-18/h2-5,12-13,15H,1,6-11,14H2,(H,23,25). The van der Waals surface area contributed by atoms with Crippen LogP contribution >= 0.6 is 0 Å². The molecule has 0 unspecified atom stereocenters. The van der Waals surface area contributed by atoms with Crippen LogP contribution in [0.2, 0.25) is 0 Å².